The second-order valence-electron chi connectivity index (χ2n) is 4.00. The average Bonchev–Trinajstić information content (AvgIpc) is 3.08. The number of benzene rings is 1. The highest BCUT2D eigenvalue weighted by atomic mass is 16.5. The highest BCUT2D eigenvalue weighted by molar-refractivity contribution is 5.89. The van der Waals surface area contributed by atoms with Crippen LogP contribution in [0.15, 0.2) is 24.3 Å². The number of aliphatic carboxylic acids is 1. The van der Waals surface area contributed by atoms with Crippen LogP contribution in [0, 0.1) is 5.92 Å². The van der Waals surface area contributed by atoms with Crippen LogP contribution in [0.3, 0.4) is 0 Å². The Morgan fingerprint density at radius 3 is 2.47 bits per heavy atom. The molecule has 0 aromatic heterocycles. The van der Waals surface area contributed by atoms with Gasteiger partial charge in [-0.05, 0) is 30.7 Å². The molecule has 2 unspecified atom stereocenters. The minimum Gasteiger partial charge on any atom is -0.481 e. The van der Waals surface area contributed by atoms with Crippen molar-refractivity contribution in [1.29, 1.82) is 0 Å². The number of rotatable bonds is 4. The first kappa shape index (κ1) is 11.4. The fraction of sp³-hybridized carbons (Fsp3) is 0.333. The summed E-state index contributed by atoms with van der Waals surface area (Å²) in [6, 6.07) is 6.77. The Kier molecular flexibility index (Phi) is 2.99. The van der Waals surface area contributed by atoms with Gasteiger partial charge in [0.1, 0.15) is 0 Å². The molecule has 1 aliphatic carbocycles. The topological polar surface area (TPSA) is 75.6 Å². The minimum absolute atomic E-state index is 0.00326. The molecule has 2 atom stereocenters. The van der Waals surface area contributed by atoms with Gasteiger partial charge in [0, 0.05) is 11.7 Å². The summed E-state index contributed by atoms with van der Waals surface area (Å²) < 4.78 is 4.58. The molecule has 2 N–H and O–H groups in total. The Bertz CT molecular complexity index is 440. The molecule has 1 saturated carbocycles. The molecule has 0 radical (unpaired) electrons. The van der Waals surface area contributed by atoms with Crippen molar-refractivity contribution < 1.29 is 19.4 Å². The first-order chi connectivity index (χ1) is 8.11. The molecule has 1 aromatic rings. The fourth-order valence-corrected chi connectivity index (χ4v) is 1.66. The molecule has 0 saturated heterocycles. The largest absolute Gasteiger partial charge is 0.481 e. The fourth-order valence-electron chi connectivity index (χ4n) is 1.66. The lowest BCUT2D eigenvalue weighted by atomic mass is 10.2. The van der Waals surface area contributed by atoms with Crippen molar-refractivity contribution in [2.75, 3.05) is 12.4 Å². The van der Waals surface area contributed by atoms with Crippen LogP contribution < -0.4 is 5.32 Å². The van der Waals surface area contributed by atoms with E-state index in [0.29, 0.717) is 12.0 Å². The zero-order valence-electron chi connectivity index (χ0n) is 9.34. The smallest absolute Gasteiger partial charge is 0.337 e. The van der Waals surface area contributed by atoms with Crippen molar-refractivity contribution in [2.24, 2.45) is 5.92 Å². The number of nitrogens with one attached hydrogen (secondary N) is 1. The molecule has 1 aromatic carbocycles. The third-order valence-electron chi connectivity index (χ3n) is 2.77. The van der Waals surface area contributed by atoms with E-state index in [1.165, 1.54) is 7.11 Å². The van der Waals surface area contributed by atoms with Gasteiger partial charge in [-0.3, -0.25) is 4.79 Å². The highest BCUT2D eigenvalue weighted by Crippen LogP contribution is 2.33. The maximum atomic E-state index is 11.2. The van der Waals surface area contributed by atoms with Crippen molar-refractivity contribution in [1.82, 2.24) is 0 Å². The summed E-state index contributed by atoms with van der Waals surface area (Å²) in [4.78, 5) is 21.8. The van der Waals surface area contributed by atoms with Gasteiger partial charge in [0.2, 0.25) is 0 Å². The standard InChI is InChI=1S/C12H13NO4/c1-17-12(16)7-2-4-8(5-3-7)13-10-6-9(10)11(14)15/h2-5,9-10,13H,6H2,1H3,(H,14,15). The third kappa shape index (κ3) is 2.55. The molecular formula is C12H13NO4. The van der Waals surface area contributed by atoms with E-state index in [2.05, 4.69) is 10.1 Å². The number of methoxy groups -OCH3 is 1. The number of carboxylic acid groups (broad SMARTS) is 1. The Labute approximate surface area is 98.4 Å². The molecule has 0 heterocycles. The van der Waals surface area contributed by atoms with Crippen LogP contribution in [0.5, 0.6) is 0 Å². The van der Waals surface area contributed by atoms with Gasteiger partial charge in [-0.1, -0.05) is 0 Å². The van der Waals surface area contributed by atoms with Crippen LogP contribution >= 0.6 is 0 Å². The summed E-state index contributed by atoms with van der Waals surface area (Å²) in [7, 11) is 1.33. The van der Waals surface area contributed by atoms with Gasteiger partial charge in [0.05, 0.1) is 18.6 Å². The highest BCUT2D eigenvalue weighted by Gasteiger charge is 2.43. The number of hydrogen-bond acceptors (Lipinski definition) is 4. The number of carbonyl (C=O) groups is 2. The molecule has 2 rings (SSSR count). The predicted octanol–water partition coefficient (Wildman–Crippen LogP) is 1.36. The first-order valence-corrected chi connectivity index (χ1v) is 5.29. The summed E-state index contributed by atoms with van der Waals surface area (Å²) in [5.41, 5.74) is 1.29. The van der Waals surface area contributed by atoms with E-state index >= 15 is 0 Å². The molecule has 0 amide bonds. The van der Waals surface area contributed by atoms with Crippen molar-refractivity contribution >= 4 is 17.6 Å². The van der Waals surface area contributed by atoms with Crippen LogP contribution in [-0.2, 0) is 9.53 Å². The van der Waals surface area contributed by atoms with Crippen LogP contribution in [0.4, 0.5) is 5.69 Å². The van der Waals surface area contributed by atoms with Gasteiger partial charge in [-0.15, -0.1) is 0 Å². The lowest BCUT2D eigenvalue weighted by molar-refractivity contribution is -0.138. The van der Waals surface area contributed by atoms with Gasteiger partial charge >= 0.3 is 11.9 Å². The van der Waals surface area contributed by atoms with Crippen molar-refractivity contribution in [3.05, 3.63) is 29.8 Å². The van der Waals surface area contributed by atoms with Gasteiger partial charge < -0.3 is 15.2 Å². The quantitative estimate of drug-likeness (QED) is 0.770. The monoisotopic (exact) mass is 235 g/mol. The van der Waals surface area contributed by atoms with Crippen molar-refractivity contribution in [2.45, 2.75) is 12.5 Å². The molecule has 1 fully saturated rings. The summed E-state index contributed by atoms with van der Waals surface area (Å²) in [6.45, 7) is 0. The third-order valence-corrected chi connectivity index (χ3v) is 2.77. The molecule has 17 heavy (non-hydrogen) atoms. The number of esters is 1. The molecular weight excluding hydrogens is 222 g/mol. The zero-order chi connectivity index (χ0) is 12.4. The van der Waals surface area contributed by atoms with Crippen molar-refractivity contribution in [3.8, 4) is 0 Å². The molecule has 5 nitrogen and oxygen atoms in total. The normalized spacial score (nSPS) is 21.7. The number of carbonyl (C=O) groups excluding carboxylic acids is 1. The van der Waals surface area contributed by atoms with Gasteiger partial charge in [-0.25, -0.2) is 4.79 Å². The second-order valence-corrected chi connectivity index (χ2v) is 4.00. The Balaban J connectivity index is 1.95. The van der Waals surface area contributed by atoms with E-state index in [-0.39, 0.29) is 17.9 Å². The first-order valence-electron chi connectivity index (χ1n) is 5.29. The van der Waals surface area contributed by atoms with Crippen LogP contribution in [0.2, 0.25) is 0 Å². The molecule has 0 aliphatic heterocycles. The van der Waals surface area contributed by atoms with E-state index in [1.54, 1.807) is 24.3 Å². The number of carboxylic acids is 1. The van der Waals surface area contributed by atoms with Crippen LogP contribution in [0.25, 0.3) is 0 Å². The molecule has 90 valence electrons. The average molecular weight is 235 g/mol. The van der Waals surface area contributed by atoms with E-state index in [0.717, 1.165) is 5.69 Å². The SMILES string of the molecule is COC(=O)c1ccc(NC2CC2C(=O)O)cc1. The van der Waals surface area contributed by atoms with E-state index in [4.69, 9.17) is 5.11 Å². The molecule has 0 spiro atoms. The summed E-state index contributed by atoms with van der Waals surface area (Å²) in [6.07, 6.45) is 0.647. The van der Waals surface area contributed by atoms with Gasteiger partial charge in [0.25, 0.3) is 0 Å². The molecule has 0 bridgehead atoms. The summed E-state index contributed by atoms with van der Waals surface area (Å²) in [5, 5.41) is 11.8. The molecule has 1 aliphatic rings. The van der Waals surface area contributed by atoms with Crippen LogP contribution in [-0.4, -0.2) is 30.2 Å². The van der Waals surface area contributed by atoms with Gasteiger partial charge in [-0.2, -0.15) is 0 Å². The Morgan fingerprint density at radius 1 is 1.35 bits per heavy atom. The Hall–Kier alpha value is -2.04. The number of hydrogen-bond donors (Lipinski definition) is 2. The number of ether oxygens (including phenoxy) is 1. The Morgan fingerprint density at radius 2 is 2.00 bits per heavy atom. The van der Waals surface area contributed by atoms with E-state index < -0.39 is 5.97 Å². The van der Waals surface area contributed by atoms with E-state index in [9.17, 15) is 9.59 Å². The lowest BCUT2D eigenvalue weighted by Crippen LogP contribution is -2.10. The van der Waals surface area contributed by atoms with Gasteiger partial charge in [0.15, 0.2) is 0 Å². The van der Waals surface area contributed by atoms with E-state index in [1.807, 2.05) is 0 Å². The lowest BCUT2D eigenvalue weighted by Gasteiger charge is -2.05. The van der Waals surface area contributed by atoms with Crippen molar-refractivity contribution in [3.63, 3.8) is 0 Å². The molecule has 5 heteroatoms. The minimum atomic E-state index is -0.770. The zero-order valence-corrected chi connectivity index (χ0v) is 9.34. The van der Waals surface area contributed by atoms with Crippen LogP contribution in [0.1, 0.15) is 16.8 Å². The summed E-state index contributed by atoms with van der Waals surface area (Å²) in [5.74, 6) is -1.45. The predicted molar refractivity (Wildman–Crippen MR) is 60.9 cm³/mol. The number of anilines is 1. The second kappa shape index (κ2) is 4.45. The maximum Gasteiger partial charge on any atom is 0.337 e. The summed E-state index contributed by atoms with van der Waals surface area (Å²) >= 11 is 0. The maximum absolute atomic E-state index is 11.2.